The fourth-order valence-corrected chi connectivity index (χ4v) is 3.16. The zero-order chi connectivity index (χ0) is 19.9. The Morgan fingerprint density at radius 3 is 2.56 bits per heavy atom. The smallest absolute Gasteiger partial charge is 0.356 e. The Labute approximate surface area is 159 Å². The number of halogens is 4. The van der Waals surface area contributed by atoms with Crippen LogP contribution in [0.25, 0.3) is 0 Å². The van der Waals surface area contributed by atoms with E-state index in [1.165, 1.54) is 25.4 Å². The molecule has 1 aromatic heterocycles. The third-order valence-corrected chi connectivity index (χ3v) is 4.64. The van der Waals surface area contributed by atoms with Gasteiger partial charge in [0, 0.05) is 43.8 Å². The molecule has 0 aliphatic heterocycles. The molecule has 0 atom stereocenters. The molecule has 0 radical (unpaired) electrons. The van der Waals surface area contributed by atoms with Gasteiger partial charge in [0.1, 0.15) is 5.82 Å². The van der Waals surface area contributed by atoms with Crippen molar-refractivity contribution in [3.8, 4) is 0 Å². The van der Waals surface area contributed by atoms with E-state index in [1.54, 1.807) is 30.9 Å². The summed E-state index contributed by atoms with van der Waals surface area (Å²) in [5.74, 6) is 0.966. The first kappa shape index (κ1) is 21.1. The lowest BCUT2D eigenvalue weighted by atomic mass is 10.2. The van der Waals surface area contributed by atoms with Gasteiger partial charge >= 0.3 is 6.18 Å². The Bertz CT molecular complexity index is 756. The molecule has 2 aromatic rings. The van der Waals surface area contributed by atoms with Gasteiger partial charge in [-0.3, -0.25) is 9.67 Å². The fourth-order valence-electron chi connectivity index (χ4n) is 2.30. The van der Waals surface area contributed by atoms with Crippen LogP contribution in [0, 0.1) is 5.82 Å². The Morgan fingerprint density at radius 1 is 1.22 bits per heavy atom. The average molecular weight is 403 g/mol. The standard InChI is InChI=1S/C17H21F4N5S/c1-22-16(23-8-3-9-27-14-6-4-13(18)5-7-14)24-10-12-11-26(2)25-15(12)17(19,20)21/h4-7,11H,3,8-10H2,1-2H3,(H2,22,23,24). The number of guanidine groups is 1. The molecule has 0 aliphatic rings. The summed E-state index contributed by atoms with van der Waals surface area (Å²) < 4.78 is 52.8. The lowest BCUT2D eigenvalue weighted by molar-refractivity contribution is -0.142. The van der Waals surface area contributed by atoms with E-state index >= 15 is 0 Å². The molecule has 0 amide bonds. The summed E-state index contributed by atoms with van der Waals surface area (Å²) in [6.07, 6.45) is -2.35. The summed E-state index contributed by atoms with van der Waals surface area (Å²) in [6.45, 7) is 0.569. The van der Waals surface area contributed by atoms with E-state index < -0.39 is 11.9 Å². The van der Waals surface area contributed by atoms with E-state index in [2.05, 4.69) is 20.7 Å². The zero-order valence-electron chi connectivity index (χ0n) is 15.0. The molecule has 2 rings (SSSR count). The summed E-state index contributed by atoms with van der Waals surface area (Å²) in [6, 6.07) is 6.28. The average Bonchev–Trinajstić information content (AvgIpc) is 3.00. The van der Waals surface area contributed by atoms with Gasteiger partial charge in [0.05, 0.1) is 0 Å². The summed E-state index contributed by atoms with van der Waals surface area (Å²) >= 11 is 1.60. The van der Waals surface area contributed by atoms with Gasteiger partial charge in [0.15, 0.2) is 11.7 Å². The van der Waals surface area contributed by atoms with E-state index in [1.807, 2.05) is 0 Å². The van der Waals surface area contributed by atoms with Crippen LogP contribution < -0.4 is 10.6 Å². The molecule has 0 spiro atoms. The van der Waals surface area contributed by atoms with Crippen LogP contribution in [0.1, 0.15) is 17.7 Å². The third kappa shape index (κ3) is 6.78. The number of rotatable bonds is 7. The van der Waals surface area contributed by atoms with Crippen LogP contribution in [-0.4, -0.2) is 35.1 Å². The van der Waals surface area contributed by atoms with Crippen LogP contribution >= 0.6 is 11.8 Å². The molecule has 5 nitrogen and oxygen atoms in total. The lowest BCUT2D eigenvalue weighted by Gasteiger charge is -2.12. The first-order valence-electron chi connectivity index (χ1n) is 8.22. The summed E-state index contributed by atoms with van der Waals surface area (Å²) in [5.41, 5.74) is -0.844. The van der Waals surface area contributed by atoms with Crippen molar-refractivity contribution in [2.75, 3.05) is 19.3 Å². The van der Waals surface area contributed by atoms with Gasteiger partial charge in [-0.1, -0.05) is 0 Å². The van der Waals surface area contributed by atoms with Crippen molar-refractivity contribution in [2.24, 2.45) is 12.0 Å². The van der Waals surface area contributed by atoms with Crippen LogP contribution in [0.5, 0.6) is 0 Å². The first-order valence-corrected chi connectivity index (χ1v) is 9.20. The maximum Gasteiger partial charge on any atom is 0.435 e. The Hall–Kier alpha value is -2.23. The molecule has 0 bridgehead atoms. The van der Waals surface area contributed by atoms with Crippen molar-refractivity contribution in [1.82, 2.24) is 20.4 Å². The molecule has 27 heavy (non-hydrogen) atoms. The maximum absolute atomic E-state index is 12.9. The number of aliphatic imine (C=N–C) groups is 1. The molecule has 10 heteroatoms. The minimum Gasteiger partial charge on any atom is -0.356 e. The van der Waals surface area contributed by atoms with Crippen molar-refractivity contribution in [2.45, 2.75) is 24.0 Å². The van der Waals surface area contributed by atoms with Crippen molar-refractivity contribution in [3.63, 3.8) is 0 Å². The number of aryl methyl sites for hydroxylation is 1. The molecule has 1 heterocycles. The molecule has 0 unspecified atom stereocenters. The number of hydrogen-bond acceptors (Lipinski definition) is 3. The Kier molecular flexibility index (Phi) is 7.52. The number of benzene rings is 1. The number of alkyl halides is 3. The largest absolute Gasteiger partial charge is 0.435 e. The molecular formula is C17H21F4N5S. The number of hydrogen-bond donors (Lipinski definition) is 2. The van der Waals surface area contributed by atoms with E-state index in [-0.39, 0.29) is 17.9 Å². The van der Waals surface area contributed by atoms with Crippen molar-refractivity contribution in [1.29, 1.82) is 0 Å². The molecular weight excluding hydrogens is 382 g/mol. The molecule has 2 N–H and O–H groups in total. The predicted octanol–water partition coefficient (Wildman–Crippen LogP) is 3.43. The van der Waals surface area contributed by atoms with Crippen LogP contribution in [-0.2, 0) is 19.8 Å². The van der Waals surface area contributed by atoms with Crippen LogP contribution in [0.15, 0.2) is 40.4 Å². The number of nitrogens with zero attached hydrogens (tertiary/aromatic N) is 3. The van der Waals surface area contributed by atoms with Gasteiger partial charge in [-0.15, -0.1) is 11.8 Å². The second-order valence-corrected chi connectivity index (χ2v) is 6.85. The second-order valence-electron chi connectivity index (χ2n) is 5.68. The number of aromatic nitrogens is 2. The van der Waals surface area contributed by atoms with Crippen molar-refractivity contribution in [3.05, 3.63) is 47.5 Å². The van der Waals surface area contributed by atoms with E-state index in [4.69, 9.17) is 0 Å². The fraction of sp³-hybridized carbons (Fsp3) is 0.412. The van der Waals surface area contributed by atoms with Gasteiger partial charge in [-0.2, -0.15) is 18.3 Å². The minimum atomic E-state index is -4.49. The first-order chi connectivity index (χ1) is 12.8. The highest BCUT2D eigenvalue weighted by Gasteiger charge is 2.36. The van der Waals surface area contributed by atoms with Gasteiger partial charge in [0.2, 0.25) is 0 Å². The predicted molar refractivity (Wildman–Crippen MR) is 98.2 cm³/mol. The van der Waals surface area contributed by atoms with Gasteiger partial charge < -0.3 is 10.6 Å². The van der Waals surface area contributed by atoms with E-state index in [0.717, 1.165) is 21.8 Å². The summed E-state index contributed by atoms with van der Waals surface area (Å²) in [7, 11) is 3.00. The zero-order valence-corrected chi connectivity index (χ0v) is 15.8. The topological polar surface area (TPSA) is 54.2 Å². The maximum atomic E-state index is 12.9. The summed E-state index contributed by atoms with van der Waals surface area (Å²) in [5, 5.41) is 9.39. The highest BCUT2D eigenvalue weighted by Crippen LogP contribution is 2.30. The molecule has 0 saturated heterocycles. The van der Waals surface area contributed by atoms with Gasteiger partial charge in [-0.25, -0.2) is 4.39 Å². The van der Waals surface area contributed by atoms with Gasteiger partial charge in [0.25, 0.3) is 0 Å². The van der Waals surface area contributed by atoms with Gasteiger partial charge in [-0.05, 0) is 36.4 Å². The molecule has 0 aliphatic carbocycles. The minimum absolute atomic E-state index is 0.0350. The monoisotopic (exact) mass is 403 g/mol. The number of nitrogens with one attached hydrogen (secondary N) is 2. The van der Waals surface area contributed by atoms with Crippen LogP contribution in [0.3, 0.4) is 0 Å². The van der Waals surface area contributed by atoms with Crippen LogP contribution in [0.4, 0.5) is 17.6 Å². The molecule has 148 valence electrons. The number of thioether (sulfide) groups is 1. The Balaban J connectivity index is 1.74. The summed E-state index contributed by atoms with van der Waals surface area (Å²) in [4.78, 5) is 4.99. The lowest BCUT2D eigenvalue weighted by Crippen LogP contribution is -2.37. The van der Waals surface area contributed by atoms with Crippen molar-refractivity contribution < 1.29 is 17.6 Å². The normalized spacial score (nSPS) is 12.3. The van der Waals surface area contributed by atoms with Crippen molar-refractivity contribution >= 4 is 17.7 Å². The second kappa shape index (κ2) is 9.63. The Morgan fingerprint density at radius 2 is 1.93 bits per heavy atom. The molecule has 0 fully saturated rings. The highest BCUT2D eigenvalue weighted by molar-refractivity contribution is 7.99. The third-order valence-electron chi connectivity index (χ3n) is 3.54. The molecule has 0 saturated carbocycles. The van der Waals surface area contributed by atoms with E-state index in [0.29, 0.717) is 12.5 Å². The quantitative estimate of drug-likeness (QED) is 0.245. The van der Waals surface area contributed by atoms with E-state index in [9.17, 15) is 17.6 Å². The highest BCUT2D eigenvalue weighted by atomic mass is 32.2. The van der Waals surface area contributed by atoms with Crippen LogP contribution in [0.2, 0.25) is 0 Å². The molecule has 1 aromatic carbocycles. The SMILES string of the molecule is CN=C(NCCCSc1ccc(F)cc1)NCc1cn(C)nc1C(F)(F)F.